The first-order chi connectivity index (χ1) is 14.9. The van der Waals surface area contributed by atoms with Gasteiger partial charge in [-0.25, -0.2) is 12.8 Å². The molecular weight excluding hydrogens is 433 g/mol. The fraction of sp³-hybridized carbons (Fsp3) is 0.667. The van der Waals surface area contributed by atoms with E-state index in [9.17, 15) is 22.4 Å². The summed E-state index contributed by atoms with van der Waals surface area (Å²) in [6.07, 6.45) is 3.61. The Balaban J connectivity index is 1.80. The largest absolute Gasteiger partial charge is 0.490 e. The number of nitrogens with one attached hydrogen (secondary N) is 1. The molecule has 1 unspecified atom stereocenters. The maximum absolute atomic E-state index is 14.1. The predicted molar refractivity (Wildman–Crippen MR) is 123 cm³/mol. The molecule has 0 spiro atoms. The van der Waals surface area contributed by atoms with E-state index >= 15 is 0 Å². The molecule has 8 heteroatoms. The average Bonchev–Trinajstić information content (AvgIpc) is 2.67. The van der Waals surface area contributed by atoms with Crippen molar-refractivity contribution in [2.45, 2.75) is 72.1 Å². The first-order valence-electron chi connectivity index (χ1n) is 11.3. The van der Waals surface area contributed by atoms with Crippen molar-refractivity contribution < 1.29 is 27.1 Å². The molecule has 0 radical (unpaired) electrons. The molecular formula is C24H36FNO5S. The van der Waals surface area contributed by atoms with Crippen LogP contribution in [0.4, 0.5) is 4.39 Å². The number of sulfone groups is 1. The molecule has 0 aliphatic carbocycles. The highest BCUT2D eigenvalue weighted by Crippen LogP contribution is 2.27. The van der Waals surface area contributed by atoms with E-state index in [1.54, 1.807) is 12.1 Å². The first kappa shape index (κ1) is 26.3. The van der Waals surface area contributed by atoms with Crippen LogP contribution in [0.1, 0.15) is 77.7 Å². The number of benzene rings is 1. The highest BCUT2D eigenvalue weighted by molar-refractivity contribution is 7.91. The summed E-state index contributed by atoms with van der Waals surface area (Å²) in [5.74, 6) is -1.10. The number of carbonyl (C=O) groups is 2. The Morgan fingerprint density at radius 3 is 2.56 bits per heavy atom. The molecule has 1 N–H and O–H groups in total. The Labute approximate surface area is 191 Å². The van der Waals surface area contributed by atoms with Crippen LogP contribution in [0.2, 0.25) is 0 Å². The molecule has 6 nitrogen and oxygen atoms in total. The number of carbonyl (C=O) groups excluding carboxylic acids is 2. The third-order valence-corrected chi connectivity index (χ3v) is 7.47. The number of unbranched alkanes of at least 4 members (excludes halogenated alkanes) is 2. The van der Waals surface area contributed by atoms with Crippen LogP contribution in [0.3, 0.4) is 0 Å². The topological polar surface area (TPSA) is 89.5 Å². The van der Waals surface area contributed by atoms with Gasteiger partial charge < -0.3 is 4.74 Å². The SMILES string of the molecule is C[C@@H](CS(=O)(=O)CCCCCC1CCC(=O)NC1=O)c1ccc(F)c(OCC(C)(C)C)c1. The van der Waals surface area contributed by atoms with Gasteiger partial charge in [-0.2, -0.15) is 0 Å². The van der Waals surface area contributed by atoms with Crippen molar-refractivity contribution in [3.8, 4) is 5.75 Å². The molecule has 1 fully saturated rings. The smallest absolute Gasteiger partial charge is 0.229 e. The molecule has 1 aliphatic heterocycles. The van der Waals surface area contributed by atoms with Gasteiger partial charge in [0.1, 0.15) is 0 Å². The second-order valence-corrected chi connectivity index (χ2v) is 12.3. The van der Waals surface area contributed by atoms with Gasteiger partial charge in [0.2, 0.25) is 11.8 Å². The van der Waals surface area contributed by atoms with E-state index in [0.717, 1.165) is 12.0 Å². The van der Waals surface area contributed by atoms with Gasteiger partial charge in [-0.3, -0.25) is 14.9 Å². The Morgan fingerprint density at radius 1 is 1.19 bits per heavy atom. The van der Waals surface area contributed by atoms with Crippen LogP contribution in [-0.2, 0) is 19.4 Å². The summed E-state index contributed by atoms with van der Waals surface area (Å²) in [6, 6.07) is 4.53. The minimum Gasteiger partial charge on any atom is -0.490 e. The summed E-state index contributed by atoms with van der Waals surface area (Å²) in [5, 5.41) is 2.35. The lowest BCUT2D eigenvalue weighted by molar-refractivity contribution is -0.136. The molecule has 1 aromatic carbocycles. The van der Waals surface area contributed by atoms with E-state index in [-0.39, 0.29) is 46.3 Å². The minimum atomic E-state index is -3.27. The van der Waals surface area contributed by atoms with Crippen molar-refractivity contribution >= 4 is 21.7 Å². The maximum Gasteiger partial charge on any atom is 0.229 e. The van der Waals surface area contributed by atoms with Crippen LogP contribution < -0.4 is 10.1 Å². The minimum absolute atomic E-state index is 0.00944. The van der Waals surface area contributed by atoms with E-state index < -0.39 is 15.7 Å². The van der Waals surface area contributed by atoms with Gasteiger partial charge in [0, 0.05) is 12.3 Å². The van der Waals surface area contributed by atoms with Crippen LogP contribution in [0.15, 0.2) is 18.2 Å². The number of amides is 2. The van der Waals surface area contributed by atoms with E-state index in [2.05, 4.69) is 5.32 Å². The lowest BCUT2D eigenvalue weighted by Gasteiger charge is -2.20. The van der Waals surface area contributed by atoms with Crippen LogP contribution in [0, 0.1) is 17.2 Å². The van der Waals surface area contributed by atoms with Gasteiger partial charge in [-0.05, 0) is 48.3 Å². The number of hydrogen-bond donors (Lipinski definition) is 1. The van der Waals surface area contributed by atoms with E-state index in [1.807, 2.05) is 27.7 Å². The van der Waals surface area contributed by atoms with E-state index in [0.29, 0.717) is 38.7 Å². The van der Waals surface area contributed by atoms with E-state index in [1.165, 1.54) is 6.07 Å². The summed E-state index contributed by atoms with van der Waals surface area (Å²) >= 11 is 0. The monoisotopic (exact) mass is 469 g/mol. The van der Waals surface area contributed by atoms with Crippen molar-refractivity contribution in [1.29, 1.82) is 0 Å². The Morgan fingerprint density at radius 2 is 1.91 bits per heavy atom. The number of piperidine rings is 1. The Bertz CT molecular complexity index is 907. The number of hydrogen-bond acceptors (Lipinski definition) is 5. The normalized spacial score (nSPS) is 18.3. The predicted octanol–water partition coefficient (Wildman–Crippen LogP) is 4.38. The van der Waals surface area contributed by atoms with Crippen LogP contribution in [0.5, 0.6) is 5.75 Å². The molecule has 0 saturated carbocycles. The third kappa shape index (κ3) is 8.88. The molecule has 1 saturated heterocycles. The van der Waals surface area contributed by atoms with Crippen molar-refractivity contribution in [2.75, 3.05) is 18.1 Å². The molecule has 0 aromatic heterocycles. The highest BCUT2D eigenvalue weighted by Gasteiger charge is 2.26. The summed E-state index contributed by atoms with van der Waals surface area (Å²) in [5.41, 5.74) is 0.618. The highest BCUT2D eigenvalue weighted by atomic mass is 32.2. The molecule has 2 amide bonds. The third-order valence-electron chi connectivity index (χ3n) is 5.55. The summed E-state index contributed by atoms with van der Waals surface area (Å²) in [6.45, 7) is 8.17. The Hall–Kier alpha value is -1.96. The number of ether oxygens (including phenoxy) is 1. The fourth-order valence-corrected chi connectivity index (χ4v) is 5.46. The number of rotatable bonds is 11. The van der Waals surface area contributed by atoms with Crippen molar-refractivity contribution in [2.24, 2.45) is 11.3 Å². The van der Waals surface area contributed by atoms with Gasteiger partial charge in [0.05, 0.1) is 18.1 Å². The molecule has 1 aromatic rings. The zero-order valence-electron chi connectivity index (χ0n) is 19.6. The summed E-state index contributed by atoms with van der Waals surface area (Å²) in [7, 11) is -3.27. The number of imide groups is 1. The Kier molecular flexibility index (Phi) is 9.25. The van der Waals surface area contributed by atoms with Crippen LogP contribution in [0.25, 0.3) is 0 Å². The molecule has 0 bridgehead atoms. The van der Waals surface area contributed by atoms with Crippen molar-refractivity contribution in [3.05, 3.63) is 29.6 Å². The van der Waals surface area contributed by atoms with Crippen LogP contribution in [-0.4, -0.2) is 38.3 Å². The van der Waals surface area contributed by atoms with Gasteiger partial charge in [-0.15, -0.1) is 0 Å². The summed E-state index contributed by atoms with van der Waals surface area (Å²) < 4.78 is 44.8. The lowest BCUT2D eigenvalue weighted by atomic mass is 9.92. The van der Waals surface area contributed by atoms with Gasteiger partial charge in [-0.1, -0.05) is 46.6 Å². The quantitative estimate of drug-likeness (QED) is 0.384. The zero-order chi connectivity index (χ0) is 23.9. The molecule has 1 aliphatic rings. The molecule has 2 rings (SSSR count). The van der Waals surface area contributed by atoms with Gasteiger partial charge in [0.25, 0.3) is 0 Å². The van der Waals surface area contributed by atoms with Gasteiger partial charge in [0.15, 0.2) is 21.4 Å². The van der Waals surface area contributed by atoms with Gasteiger partial charge >= 0.3 is 0 Å². The van der Waals surface area contributed by atoms with E-state index in [4.69, 9.17) is 4.74 Å². The average molecular weight is 470 g/mol. The second kappa shape index (κ2) is 11.3. The fourth-order valence-electron chi connectivity index (χ4n) is 3.70. The standard InChI is InChI=1S/C24H36FNO5S/c1-17(19-9-11-20(25)21(14-19)31-16-24(2,3)4)15-32(29,30)13-7-5-6-8-18-10-12-22(27)26-23(18)28/h9,11,14,17-18H,5-8,10,12-13,15-16H2,1-4H3,(H,26,27,28)/t17-,18?/m0/s1. The van der Waals surface area contributed by atoms with Crippen LogP contribution >= 0.6 is 0 Å². The molecule has 1 heterocycles. The molecule has 180 valence electrons. The van der Waals surface area contributed by atoms with Crippen molar-refractivity contribution in [1.82, 2.24) is 5.32 Å². The first-order valence-corrected chi connectivity index (χ1v) is 13.1. The maximum atomic E-state index is 14.1. The number of halogens is 1. The molecule has 32 heavy (non-hydrogen) atoms. The zero-order valence-corrected chi connectivity index (χ0v) is 20.4. The van der Waals surface area contributed by atoms with Crippen molar-refractivity contribution in [3.63, 3.8) is 0 Å². The second-order valence-electron chi connectivity index (χ2n) is 10.1. The summed E-state index contributed by atoms with van der Waals surface area (Å²) in [4.78, 5) is 22.9. The lowest BCUT2D eigenvalue weighted by Crippen LogP contribution is -2.40. The molecule has 2 atom stereocenters.